The van der Waals surface area contributed by atoms with Crippen LogP contribution >= 0.6 is 0 Å². The van der Waals surface area contributed by atoms with Crippen molar-refractivity contribution in [2.24, 2.45) is 17.8 Å². The van der Waals surface area contributed by atoms with Crippen LogP contribution in [0.25, 0.3) is 0 Å². The summed E-state index contributed by atoms with van der Waals surface area (Å²) in [5.41, 5.74) is 0. The van der Waals surface area contributed by atoms with Crippen molar-refractivity contribution in [2.75, 3.05) is 0 Å². The SMILES string of the molecule is C[CH-]CCC(C)OC(=O)C(C)CCC(C)C(C)CCCC.[Re]. The van der Waals surface area contributed by atoms with Crippen LogP contribution in [0.5, 0.6) is 0 Å². The van der Waals surface area contributed by atoms with Crippen LogP contribution in [0.3, 0.4) is 0 Å². The van der Waals surface area contributed by atoms with Gasteiger partial charge < -0.3 is 11.2 Å². The van der Waals surface area contributed by atoms with Gasteiger partial charge in [0.1, 0.15) is 0 Å². The van der Waals surface area contributed by atoms with Gasteiger partial charge in [-0.1, -0.05) is 47.0 Å². The standard InChI is InChI=1S/C19H37O2.Re/c1-7-9-11-15(3)16(4)13-14-17(5)19(20)21-18(6)12-10-8-2;/h8,15-18H,7,9-14H2,1-6H3;/q-1;. The summed E-state index contributed by atoms with van der Waals surface area (Å²) in [5.74, 6) is 1.46. The van der Waals surface area contributed by atoms with Crippen molar-refractivity contribution in [2.45, 2.75) is 92.6 Å². The molecule has 0 saturated carbocycles. The van der Waals surface area contributed by atoms with Gasteiger partial charge in [0, 0.05) is 20.4 Å². The fraction of sp³-hybridized carbons (Fsp3) is 0.895. The summed E-state index contributed by atoms with van der Waals surface area (Å²) in [6, 6.07) is 0. The molecule has 0 fully saturated rings. The normalized spacial score (nSPS) is 16.3. The van der Waals surface area contributed by atoms with E-state index in [-0.39, 0.29) is 38.4 Å². The molecular formula is C19H37O2Re-. The van der Waals surface area contributed by atoms with Crippen LogP contribution < -0.4 is 0 Å². The van der Waals surface area contributed by atoms with Crippen LogP contribution in [0.4, 0.5) is 0 Å². The van der Waals surface area contributed by atoms with E-state index in [1.807, 2.05) is 20.8 Å². The van der Waals surface area contributed by atoms with Gasteiger partial charge in [-0.25, -0.2) is 0 Å². The number of hydrogen-bond acceptors (Lipinski definition) is 2. The smallest absolute Gasteiger partial charge is 0.308 e. The molecule has 0 bridgehead atoms. The number of ether oxygens (including phenoxy) is 1. The van der Waals surface area contributed by atoms with E-state index in [1.165, 1.54) is 19.3 Å². The fourth-order valence-corrected chi connectivity index (χ4v) is 2.50. The third-order valence-corrected chi connectivity index (χ3v) is 4.62. The molecule has 0 spiro atoms. The topological polar surface area (TPSA) is 26.3 Å². The molecule has 0 aliphatic heterocycles. The molecule has 4 atom stereocenters. The molecule has 0 aliphatic carbocycles. The first-order valence-corrected chi connectivity index (χ1v) is 8.90. The van der Waals surface area contributed by atoms with Crippen LogP contribution in [0.1, 0.15) is 86.5 Å². The maximum Gasteiger partial charge on any atom is 0.308 e. The average Bonchev–Trinajstić information content (AvgIpc) is 2.47. The number of unbranched alkanes of at least 4 members (excludes halogenated alkanes) is 2. The van der Waals surface area contributed by atoms with E-state index in [0.29, 0.717) is 5.92 Å². The van der Waals surface area contributed by atoms with Crippen molar-refractivity contribution in [3.8, 4) is 0 Å². The Morgan fingerprint density at radius 2 is 1.59 bits per heavy atom. The van der Waals surface area contributed by atoms with Gasteiger partial charge in [-0.15, -0.1) is 0 Å². The first kappa shape index (κ1) is 24.4. The number of rotatable bonds is 12. The molecule has 133 valence electrons. The maximum atomic E-state index is 12.0. The summed E-state index contributed by atoms with van der Waals surface area (Å²) in [6.45, 7) is 12.9. The van der Waals surface area contributed by atoms with Crippen molar-refractivity contribution in [3.63, 3.8) is 0 Å². The van der Waals surface area contributed by atoms with Gasteiger partial charge in [0.25, 0.3) is 0 Å². The molecule has 1 radical (unpaired) electrons. The molecule has 0 aromatic heterocycles. The Hall–Kier alpha value is 0.132. The molecule has 0 rings (SSSR count). The second kappa shape index (κ2) is 14.7. The predicted molar refractivity (Wildman–Crippen MR) is 91.0 cm³/mol. The molecule has 3 heteroatoms. The van der Waals surface area contributed by atoms with Gasteiger partial charge in [-0.2, -0.15) is 13.3 Å². The van der Waals surface area contributed by atoms with Crippen molar-refractivity contribution < 1.29 is 30.0 Å². The van der Waals surface area contributed by atoms with Crippen LogP contribution in [0.2, 0.25) is 0 Å². The summed E-state index contributed by atoms with van der Waals surface area (Å²) in [5, 5.41) is 0. The molecule has 0 saturated heterocycles. The molecule has 0 heterocycles. The van der Waals surface area contributed by atoms with Crippen molar-refractivity contribution in [1.29, 1.82) is 0 Å². The number of carbonyl (C=O) groups excluding carboxylic acids is 1. The van der Waals surface area contributed by atoms with E-state index in [0.717, 1.165) is 31.6 Å². The van der Waals surface area contributed by atoms with Crippen molar-refractivity contribution in [1.82, 2.24) is 0 Å². The molecule has 4 unspecified atom stereocenters. The zero-order valence-corrected chi connectivity index (χ0v) is 18.2. The first-order valence-electron chi connectivity index (χ1n) is 8.90. The Morgan fingerprint density at radius 1 is 1.00 bits per heavy atom. The predicted octanol–water partition coefficient (Wildman–Crippen LogP) is 5.80. The van der Waals surface area contributed by atoms with Gasteiger partial charge in [0.15, 0.2) is 0 Å². The second-order valence-electron chi connectivity index (χ2n) is 6.81. The van der Waals surface area contributed by atoms with Gasteiger partial charge in [-0.05, 0) is 38.0 Å². The summed E-state index contributed by atoms with van der Waals surface area (Å²) >= 11 is 0. The molecule has 0 aromatic carbocycles. The largest absolute Gasteiger partial charge is 0.463 e. The Labute approximate surface area is 152 Å². The summed E-state index contributed by atoms with van der Waals surface area (Å²) < 4.78 is 5.51. The van der Waals surface area contributed by atoms with Gasteiger partial charge in [-0.3, -0.25) is 4.79 Å². The first-order chi connectivity index (χ1) is 9.92. The second-order valence-corrected chi connectivity index (χ2v) is 6.81. The molecular weight excluding hydrogens is 446 g/mol. The zero-order valence-electron chi connectivity index (χ0n) is 15.5. The quantitative estimate of drug-likeness (QED) is 0.259. The van der Waals surface area contributed by atoms with Crippen LogP contribution in [0.15, 0.2) is 0 Å². The Bertz CT molecular complexity index is 268. The minimum Gasteiger partial charge on any atom is -0.463 e. The third kappa shape index (κ3) is 11.7. The summed E-state index contributed by atoms with van der Waals surface area (Å²) in [6.07, 6.45) is 10.1. The van der Waals surface area contributed by atoms with Crippen LogP contribution in [0, 0.1) is 24.2 Å². The van der Waals surface area contributed by atoms with Crippen molar-refractivity contribution in [3.05, 3.63) is 6.42 Å². The maximum absolute atomic E-state index is 12.0. The molecule has 0 aromatic rings. The zero-order chi connectivity index (χ0) is 16.3. The summed E-state index contributed by atoms with van der Waals surface area (Å²) in [7, 11) is 0. The van der Waals surface area contributed by atoms with E-state index in [9.17, 15) is 4.79 Å². The van der Waals surface area contributed by atoms with E-state index in [1.54, 1.807) is 0 Å². The van der Waals surface area contributed by atoms with E-state index in [2.05, 4.69) is 27.2 Å². The molecule has 0 amide bonds. The number of carbonyl (C=O) groups is 1. The van der Waals surface area contributed by atoms with Crippen LogP contribution in [-0.4, -0.2) is 12.1 Å². The third-order valence-electron chi connectivity index (χ3n) is 4.62. The van der Waals surface area contributed by atoms with Crippen LogP contribution in [-0.2, 0) is 30.0 Å². The van der Waals surface area contributed by atoms with Gasteiger partial charge >= 0.3 is 5.97 Å². The molecule has 2 nitrogen and oxygen atoms in total. The molecule has 0 N–H and O–H groups in total. The van der Waals surface area contributed by atoms with E-state index < -0.39 is 0 Å². The van der Waals surface area contributed by atoms with E-state index in [4.69, 9.17) is 4.74 Å². The monoisotopic (exact) mass is 484 g/mol. The van der Waals surface area contributed by atoms with Crippen molar-refractivity contribution >= 4 is 5.97 Å². The minimum absolute atomic E-state index is 0. The number of esters is 1. The minimum atomic E-state index is -0.0213. The van der Waals surface area contributed by atoms with Gasteiger partial charge in [0.05, 0.1) is 12.0 Å². The molecule has 22 heavy (non-hydrogen) atoms. The Balaban J connectivity index is 0. The average molecular weight is 484 g/mol. The van der Waals surface area contributed by atoms with Gasteiger partial charge in [0.2, 0.25) is 0 Å². The molecule has 0 aliphatic rings. The fourth-order valence-electron chi connectivity index (χ4n) is 2.50. The Morgan fingerprint density at radius 3 is 2.14 bits per heavy atom. The number of hydrogen-bond donors (Lipinski definition) is 0. The Kier molecular flexibility index (Phi) is 16.3. The summed E-state index contributed by atoms with van der Waals surface area (Å²) in [4.78, 5) is 12.0. The van der Waals surface area contributed by atoms with E-state index >= 15 is 0 Å².